The predicted molar refractivity (Wildman–Crippen MR) is 68.8 cm³/mol. The second-order valence-corrected chi connectivity index (χ2v) is 4.79. The van der Waals surface area contributed by atoms with Crippen molar-refractivity contribution in [2.24, 2.45) is 0 Å². The Kier molecular flexibility index (Phi) is 5.26. The number of rotatable bonds is 5. The van der Waals surface area contributed by atoms with Gasteiger partial charge in [-0.3, -0.25) is 4.90 Å². The highest BCUT2D eigenvalue weighted by Gasteiger charge is 2.11. The Labute approximate surface area is 103 Å². The molecule has 2 nitrogen and oxygen atoms in total. The monoisotopic (exact) mass is 241 g/mol. The van der Waals surface area contributed by atoms with E-state index in [2.05, 4.69) is 30.9 Å². The van der Waals surface area contributed by atoms with Crippen LogP contribution in [0.2, 0.25) is 5.02 Å². The number of halogens is 1. The van der Waals surface area contributed by atoms with Gasteiger partial charge >= 0.3 is 0 Å². The molecule has 1 N–H and O–H groups in total. The summed E-state index contributed by atoms with van der Waals surface area (Å²) in [7, 11) is 0. The van der Waals surface area contributed by atoms with Gasteiger partial charge in [0.25, 0.3) is 0 Å². The molecule has 1 aromatic rings. The highest BCUT2D eigenvalue weighted by atomic mass is 35.5. The van der Waals surface area contributed by atoms with Crippen molar-refractivity contribution in [1.29, 1.82) is 0 Å². The molecule has 16 heavy (non-hydrogen) atoms. The first-order valence-electron chi connectivity index (χ1n) is 5.64. The Morgan fingerprint density at radius 3 is 2.56 bits per heavy atom. The highest BCUT2D eigenvalue weighted by molar-refractivity contribution is 6.31. The molecule has 0 spiro atoms. The number of hydrogen-bond acceptors (Lipinski definition) is 2. The Balaban J connectivity index is 2.77. The summed E-state index contributed by atoms with van der Waals surface area (Å²) >= 11 is 6.19. The summed E-state index contributed by atoms with van der Waals surface area (Å²) in [6.45, 7) is 7.93. The molecule has 3 heteroatoms. The number of aliphatic hydroxyl groups excluding tert-OH is 1. The van der Waals surface area contributed by atoms with Crippen LogP contribution in [0, 0.1) is 6.92 Å². The summed E-state index contributed by atoms with van der Waals surface area (Å²) in [6, 6.07) is 6.52. The molecule has 0 aliphatic carbocycles. The first-order chi connectivity index (χ1) is 7.54. The Morgan fingerprint density at radius 1 is 1.38 bits per heavy atom. The Bertz CT molecular complexity index is 339. The van der Waals surface area contributed by atoms with Gasteiger partial charge < -0.3 is 5.11 Å². The van der Waals surface area contributed by atoms with Gasteiger partial charge in [-0.1, -0.05) is 23.7 Å². The maximum atomic E-state index is 9.00. The summed E-state index contributed by atoms with van der Waals surface area (Å²) in [5.41, 5.74) is 2.29. The van der Waals surface area contributed by atoms with Crippen LogP contribution in [0.25, 0.3) is 0 Å². The molecule has 0 saturated carbocycles. The molecule has 0 heterocycles. The van der Waals surface area contributed by atoms with Crippen LogP contribution < -0.4 is 0 Å². The number of benzene rings is 1. The molecule has 0 aliphatic heterocycles. The first-order valence-corrected chi connectivity index (χ1v) is 6.02. The zero-order valence-corrected chi connectivity index (χ0v) is 11.0. The van der Waals surface area contributed by atoms with Crippen LogP contribution in [0.1, 0.15) is 25.0 Å². The van der Waals surface area contributed by atoms with E-state index >= 15 is 0 Å². The number of nitrogens with zero attached hydrogens (tertiary/aromatic N) is 1. The van der Waals surface area contributed by atoms with Crippen LogP contribution in [-0.2, 0) is 6.54 Å². The van der Waals surface area contributed by atoms with Crippen molar-refractivity contribution in [1.82, 2.24) is 4.90 Å². The summed E-state index contributed by atoms with van der Waals surface area (Å²) in [6.07, 6.45) is 0. The van der Waals surface area contributed by atoms with Crippen LogP contribution in [0.4, 0.5) is 0 Å². The van der Waals surface area contributed by atoms with E-state index in [-0.39, 0.29) is 6.61 Å². The molecular formula is C13H20ClNO. The lowest BCUT2D eigenvalue weighted by Gasteiger charge is -2.26. The lowest BCUT2D eigenvalue weighted by molar-refractivity contribution is 0.159. The average molecular weight is 242 g/mol. The van der Waals surface area contributed by atoms with E-state index in [1.807, 2.05) is 13.0 Å². The Morgan fingerprint density at radius 2 is 2.06 bits per heavy atom. The van der Waals surface area contributed by atoms with Gasteiger partial charge in [0.15, 0.2) is 0 Å². The number of hydrogen-bond donors (Lipinski definition) is 1. The van der Waals surface area contributed by atoms with Crippen LogP contribution in [0.15, 0.2) is 18.2 Å². The lowest BCUT2D eigenvalue weighted by atomic mass is 10.1. The molecule has 0 radical (unpaired) electrons. The van der Waals surface area contributed by atoms with Crippen molar-refractivity contribution in [3.8, 4) is 0 Å². The second kappa shape index (κ2) is 6.24. The van der Waals surface area contributed by atoms with E-state index < -0.39 is 0 Å². The SMILES string of the molecule is Cc1ccc(CN(CCO)C(C)C)c(Cl)c1. The van der Waals surface area contributed by atoms with Crippen LogP contribution >= 0.6 is 11.6 Å². The second-order valence-electron chi connectivity index (χ2n) is 4.38. The quantitative estimate of drug-likeness (QED) is 0.857. The number of aryl methyl sites for hydroxylation is 1. The molecule has 0 unspecified atom stereocenters. The summed E-state index contributed by atoms with van der Waals surface area (Å²) in [4.78, 5) is 2.20. The van der Waals surface area contributed by atoms with Gasteiger partial charge in [-0.2, -0.15) is 0 Å². The maximum Gasteiger partial charge on any atom is 0.0558 e. The van der Waals surface area contributed by atoms with E-state index in [0.29, 0.717) is 12.6 Å². The minimum atomic E-state index is 0.182. The van der Waals surface area contributed by atoms with Crippen molar-refractivity contribution < 1.29 is 5.11 Å². The van der Waals surface area contributed by atoms with Gasteiger partial charge in [0, 0.05) is 24.2 Å². The fourth-order valence-electron chi connectivity index (χ4n) is 1.65. The third-order valence-corrected chi connectivity index (χ3v) is 3.05. The molecule has 0 amide bonds. The topological polar surface area (TPSA) is 23.5 Å². The van der Waals surface area contributed by atoms with Gasteiger partial charge in [0.1, 0.15) is 0 Å². The molecule has 0 aliphatic rings. The van der Waals surface area contributed by atoms with Gasteiger partial charge in [-0.05, 0) is 38.0 Å². The summed E-state index contributed by atoms with van der Waals surface area (Å²) in [5.74, 6) is 0. The predicted octanol–water partition coefficient (Wildman–Crippen LogP) is 2.85. The molecule has 0 saturated heterocycles. The first kappa shape index (κ1) is 13.5. The molecule has 0 fully saturated rings. The fraction of sp³-hybridized carbons (Fsp3) is 0.538. The zero-order chi connectivity index (χ0) is 12.1. The van der Waals surface area contributed by atoms with Crippen molar-refractivity contribution in [3.63, 3.8) is 0 Å². The van der Waals surface area contributed by atoms with Crippen molar-refractivity contribution >= 4 is 11.6 Å². The normalized spacial score (nSPS) is 11.4. The van der Waals surface area contributed by atoms with E-state index in [9.17, 15) is 0 Å². The summed E-state index contributed by atoms with van der Waals surface area (Å²) in [5, 5.41) is 9.81. The minimum absolute atomic E-state index is 0.182. The van der Waals surface area contributed by atoms with E-state index in [0.717, 1.165) is 17.1 Å². The zero-order valence-electron chi connectivity index (χ0n) is 10.2. The molecule has 1 rings (SSSR count). The lowest BCUT2D eigenvalue weighted by Crippen LogP contribution is -2.32. The van der Waals surface area contributed by atoms with Crippen LogP contribution in [0.5, 0.6) is 0 Å². The number of aliphatic hydroxyl groups is 1. The van der Waals surface area contributed by atoms with Gasteiger partial charge in [0.2, 0.25) is 0 Å². The maximum absolute atomic E-state index is 9.00. The molecule has 0 bridgehead atoms. The molecule has 1 aromatic carbocycles. The fourth-order valence-corrected chi connectivity index (χ4v) is 1.94. The Hall–Kier alpha value is -0.570. The molecule has 0 atom stereocenters. The molecule has 0 aromatic heterocycles. The molecule has 90 valence electrons. The van der Waals surface area contributed by atoms with Crippen molar-refractivity contribution in [2.75, 3.05) is 13.2 Å². The van der Waals surface area contributed by atoms with Crippen LogP contribution in [0.3, 0.4) is 0 Å². The van der Waals surface area contributed by atoms with Crippen LogP contribution in [-0.4, -0.2) is 29.2 Å². The third-order valence-electron chi connectivity index (χ3n) is 2.70. The largest absolute Gasteiger partial charge is 0.395 e. The van der Waals surface area contributed by atoms with Gasteiger partial charge in [-0.15, -0.1) is 0 Å². The van der Waals surface area contributed by atoms with Crippen molar-refractivity contribution in [2.45, 2.75) is 33.4 Å². The van der Waals surface area contributed by atoms with Crippen molar-refractivity contribution in [3.05, 3.63) is 34.3 Å². The van der Waals surface area contributed by atoms with Gasteiger partial charge in [-0.25, -0.2) is 0 Å². The highest BCUT2D eigenvalue weighted by Crippen LogP contribution is 2.20. The van der Waals surface area contributed by atoms with E-state index in [1.54, 1.807) is 0 Å². The standard InChI is InChI=1S/C13H20ClNO/c1-10(2)15(6-7-16)9-12-5-4-11(3)8-13(12)14/h4-5,8,10,16H,6-7,9H2,1-3H3. The smallest absolute Gasteiger partial charge is 0.0558 e. The van der Waals surface area contributed by atoms with Gasteiger partial charge in [0.05, 0.1) is 6.61 Å². The third kappa shape index (κ3) is 3.78. The van der Waals surface area contributed by atoms with E-state index in [4.69, 9.17) is 16.7 Å². The minimum Gasteiger partial charge on any atom is -0.395 e. The van der Waals surface area contributed by atoms with E-state index in [1.165, 1.54) is 5.56 Å². The molecular weight excluding hydrogens is 222 g/mol. The average Bonchev–Trinajstić information content (AvgIpc) is 2.20. The summed E-state index contributed by atoms with van der Waals surface area (Å²) < 4.78 is 0.